The van der Waals surface area contributed by atoms with Gasteiger partial charge in [-0.2, -0.15) is 0 Å². The first-order valence-corrected chi connectivity index (χ1v) is 5.24. The van der Waals surface area contributed by atoms with Crippen LogP contribution in [0.25, 0.3) is 0 Å². The molecule has 0 fully saturated rings. The van der Waals surface area contributed by atoms with Gasteiger partial charge in [0.05, 0.1) is 12.4 Å². The molecule has 1 rings (SSSR count). The molecule has 1 N–H and O–H groups in total. The van der Waals surface area contributed by atoms with Gasteiger partial charge in [-0.05, 0) is 12.0 Å². The Morgan fingerprint density at radius 2 is 2.14 bits per heavy atom. The van der Waals surface area contributed by atoms with Crippen molar-refractivity contribution in [2.75, 3.05) is 13.1 Å². The highest BCUT2D eigenvalue weighted by molar-refractivity contribution is 4.87. The predicted octanol–water partition coefficient (Wildman–Crippen LogP) is 2.08. The molecule has 14 heavy (non-hydrogen) atoms. The van der Waals surface area contributed by atoms with Gasteiger partial charge in [-0.1, -0.05) is 27.7 Å². The van der Waals surface area contributed by atoms with Gasteiger partial charge < -0.3 is 9.88 Å². The largest absolute Gasteiger partial charge is 0.333 e. The van der Waals surface area contributed by atoms with E-state index < -0.39 is 0 Å². The minimum absolute atomic E-state index is 0.253. The molecule has 0 spiro atoms. The average molecular weight is 195 g/mol. The molecule has 0 aromatic carbocycles. The van der Waals surface area contributed by atoms with Crippen LogP contribution in [0.3, 0.4) is 0 Å². The lowest BCUT2D eigenvalue weighted by atomic mass is 9.86. The molecule has 0 aliphatic rings. The van der Waals surface area contributed by atoms with E-state index in [0.717, 1.165) is 13.1 Å². The van der Waals surface area contributed by atoms with Gasteiger partial charge in [0.15, 0.2) is 0 Å². The Balaban J connectivity index is 2.73. The monoisotopic (exact) mass is 195 g/mol. The van der Waals surface area contributed by atoms with E-state index in [1.807, 2.05) is 18.7 Å². The second-order valence-corrected chi connectivity index (χ2v) is 4.70. The van der Waals surface area contributed by atoms with Gasteiger partial charge in [0, 0.05) is 18.9 Å². The summed E-state index contributed by atoms with van der Waals surface area (Å²) in [6.07, 6.45) is 5.77. The highest BCUT2D eigenvalue weighted by atomic mass is 15.1. The molecular weight excluding hydrogens is 174 g/mol. The third-order valence-electron chi connectivity index (χ3n) is 2.47. The predicted molar refractivity (Wildman–Crippen MR) is 59.3 cm³/mol. The van der Waals surface area contributed by atoms with E-state index in [-0.39, 0.29) is 5.41 Å². The van der Waals surface area contributed by atoms with Gasteiger partial charge in [-0.3, -0.25) is 0 Å². The van der Waals surface area contributed by atoms with Crippen LogP contribution in [-0.4, -0.2) is 22.6 Å². The van der Waals surface area contributed by atoms with E-state index in [1.165, 1.54) is 0 Å². The van der Waals surface area contributed by atoms with Crippen molar-refractivity contribution in [1.82, 2.24) is 14.9 Å². The zero-order chi connectivity index (χ0) is 10.6. The molecule has 0 radical (unpaired) electrons. The second kappa shape index (κ2) is 4.60. The standard InChI is InChI=1S/C11H21N3/c1-5-12-8-10(11(2,3)4)14-7-6-13-9-14/h6-7,9-10,12H,5,8H2,1-4H3. The summed E-state index contributed by atoms with van der Waals surface area (Å²) in [6, 6.07) is 0.463. The summed E-state index contributed by atoms with van der Waals surface area (Å²) in [4.78, 5) is 4.10. The molecule has 0 saturated heterocycles. The molecule has 0 aliphatic carbocycles. The van der Waals surface area contributed by atoms with E-state index in [1.54, 1.807) is 0 Å². The van der Waals surface area contributed by atoms with Gasteiger partial charge >= 0.3 is 0 Å². The summed E-state index contributed by atoms with van der Waals surface area (Å²) in [5.41, 5.74) is 0.253. The van der Waals surface area contributed by atoms with E-state index in [0.29, 0.717) is 6.04 Å². The van der Waals surface area contributed by atoms with Crippen LogP contribution < -0.4 is 5.32 Å². The Morgan fingerprint density at radius 3 is 2.57 bits per heavy atom. The Kier molecular flexibility index (Phi) is 3.69. The van der Waals surface area contributed by atoms with Crippen LogP contribution in [0, 0.1) is 5.41 Å². The van der Waals surface area contributed by atoms with Gasteiger partial charge in [-0.25, -0.2) is 4.98 Å². The summed E-state index contributed by atoms with van der Waals surface area (Å²) >= 11 is 0. The second-order valence-electron chi connectivity index (χ2n) is 4.70. The maximum absolute atomic E-state index is 4.10. The van der Waals surface area contributed by atoms with Gasteiger partial charge in [-0.15, -0.1) is 0 Å². The minimum atomic E-state index is 0.253. The van der Waals surface area contributed by atoms with Crippen molar-refractivity contribution < 1.29 is 0 Å². The fraction of sp³-hybridized carbons (Fsp3) is 0.727. The number of hydrogen-bond donors (Lipinski definition) is 1. The molecule has 1 unspecified atom stereocenters. The molecular formula is C11H21N3. The van der Waals surface area contributed by atoms with Crippen LogP contribution in [-0.2, 0) is 0 Å². The van der Waals surface area contributed by atoms with E-state index in [2.05, 4.69) is 42.6 Å². The van der Waals surface area contributed by atoms with Crippen molar-refractivity contribution in [2.45, 2.75) is 33.7 Å². The average Bonchev–Trinajstić information content (AvgIpc) is 2.55. The third kappa shape index (κ3) is 2.84. The topological polar surface area (TPSA) is 29.9 Å². The lowest BCUT2D eigenvalue weighted by Crippen LogP contribution is -2.33. The molecule has 0 saturated carbocycles. The van der Waals surface area contributed by atoms with E-state index >= 15 is 0 Å². The van der Waals surface area contributed by atoms with Crippen molar-refractivity contribution in [3.05, 3.63) is 18.7 Å². The normalized spacial score (nSPS) is 14.3. The molecule has 0 aliphatic heterocycles. The van der Waals surface area contributed by atoms with Crippen LogP contribution in [0.2, 0.25) is 0 Å². The first-order chi connectivity index (χ1) is 6.55. The fourth-order valence-electron chi connectivity index (χ4n) is 1.59. The maximum Gasteiger partial charge on any atom is 0.0949 e. The highest BCUT2D eigenvalue weighted by Gasteiger charge is 2.25. The summed E-state index contributed by atoms with van der Waals surface area (Å²) in [6.45, 7) is 10.9. The summed E-state index contributed by atoms with van der Waals surface area (Å²) in [5, 5.41) is 3.39. The number of rotatable bonds is 4. The van der Waals surface area contributed by atoms with Gasteiger partial charge in [0.25, 0.3) is 0 Å². The molecule has 1 heterocycles. The van der Waals surface area contributed by atoms with Crippen molar-refractivity contribution in [1.29, 1.82) is 0 Å². The summed E-state index contributed by atoms with van der Waals surface area (Å²) in [7, 11) is 0. The Labute approximate surface area is 86.5 Å². The molecule has 0 amide bonds. The fourth-order valence-corrected chi connectivity index (χ4v) is 1.59. The molecule has 80 valence electrons. The number of aromatic nitrogens is 2. The molecule has 0 bridgehead atoms. The quantitative estimate of drug-likeness (QED) is 0.797. The van der Waals surface area contributed by atoms with E-state index in [9.17, 15) is 0 Å². The highest BCUT2D eigenvalue weighted by Crippen LogP contribution is 2.29. The summed E-state index contributed by atoms with van der Waals surface area (Å²) < 4.78 is 2.18. The van der Waals surface area contributed by atoms with Crippen molar-refractivity contribution in [2.24, 2.45) is 5.41 Å². The zero-order valence-corrected chi connectivity index (χ0v) is 9.62. The Hall–Kier alpha value is -0.830. The molecule has 3 nitrogen and oxygen atoms in total. The smallest absolute Gasteiger partial charge is 0.0949 e. The van der Waals surface area contributed by atoms with Gasteiger partial charge in [0.2, 0.25) is 0 Å². The summed E-state index contributed by atoms with van der Waals surface area (Å²) in [5.74, 6) is 0. The number of imidazole rings is 1. The number of nitrogens with zero attached hydrogens (tertiary/aromatic N) is 2. The van der Waals surface area contributed by atoms with Crippen LogP contribution in [0.1, 0.15) is 33.7 Å². The van der Waals surface area contributed by atoms with Crippen molar-refractivity contribution in [3.8, 4) is 0 Å². The van der Waals surface area contributed by atoms with Gasteiger partial charge in [0.1, 0.15) is 0 Å². The number of nitrogens with one attached hydrogen (secondary N) is 1. The minimum Gasteiger partial charge on any atom is -0.333 e. The van der Waals surface area contributed by atoms with Crippen LogP contribution in [0.4, 0.5) is 0 Å². The molecule has 1 atom stereocenters. The molecule has 1 aromatic rings. The lowest BCUT2D eigenvalue weighted by molar-refractivity contribution is 0.235. The van der Waals surface area contributed by atoms with Crippen molar-refractivity contribution >= 4 is 0 Å². The Bertz CT molecular complexity index is 246. The van der Waals surface area contributed by atoms with Crippen LogP contribution in [0.5, 0.6) is 0 Å². The zero-order valence-electron chi connectivity index (χ0n) is 9.62. The SMILES string of the molecule is CCNCC(n1ccnc1)C(C)(C)C. The first kappa shape index (κ1) is 11.2. The number of hydrogen-bond acceptors (Lipinski definition) is 2. The third-order valence-corrected chi connectivity index (χ3v) is 2.47. The lowest BCUT2D eigenvalue weighted by Gasteiger charge is -2.31. The van der Waals surface area contributed by atoms with E-state index in [4.69, 9.17) is 0 Å². The Morgan fingerprint density at radius 1 is 1.43 bits per heavy atom. The number of likely N-dealkylation sites (N-methyl/N-ethyl adjacent to an activating group) is 1. The van der Waals surface area contributed by atoms with Crippen LogP contribution in [0.15, 0.2) is 18.7 Å². The molecule has 3 heteroatoms. The van der Waals surface area contributed by atoms with Crippen molar-refractivity contribution in [3.63, 3.8) is 0 Å². The van der Waals surface area contributed by atoms with Crippen LogP contribution >= 0.6 is 0 Å². The first-order valence-electron chi connectivity index (χ1n) is 5.24. The maximum atomic E-state index is 4.10. The molecule has 1 aromatic heterocycles.